The van der Waals surface area contributed by atoms with Gasteiger partial charge in [0.25, 0.3) is 0 Å². The molecule has 1 aromatic rings. The molecule has 22 heavy (non-hydrogen) atoms. The predicted octanol–water partition coefficient (Wildman–Crippen LogP) is 3.39. The van der Waals surface area contributed by atoms with Gasteiger partial charge in [0, 0.05) is 16.9 Å². The average Bonchev–Trinajstić information content (AvgIpc) is 2.44. The smallest absolute Gasteiger partial charge is 0.146 e. The number of para-hydroxylation sites is 1. The Labute approximate surface area is 142 Å². The Morgan fingerprint density at radius 1 is 1.27 bits per heavy atom. The lowest BCUT2D eigenvalue weighted by Crippen LogP contribution is -2.44. The Bertz CT molecular complexity index is 490. The third kappa shape index (κ3) is 4.75. The monoisotopic (exact) mass is 341 g/mol. The fraction of sp³-hybridized carbons (Fsp3) is 0.647. The Kier molecular flexibility index (Phi) is 6.99. The van der Waals surface area contributed by atoms with Crippen molar-refractivity contribution in [2.24, 2.45) is 5.41 Å². The van der Waals surface area contributed by atoms with Crippen molar-refractivity contribution in [3.63, 3.8) is 0 Å². The van der Waals surface area contributed by atoms with E-state index in [2.05, 4.69) is 34.6 Å². The molecule has 1 rings (SSSR count). The van der Waals surface area contributed by atoms with Crippen molar-refractivity contribution in [3.05, 3.63) is 23.8 Å². The molecule has 0 spiro atoms. The summed E-state index contributed by atoms with van der Waals surface area (Å²) in [6, 6.07) is 6.11. The molecule has 0 saturated heterocycles. The lowest BCUT2D eigenvalue weighted by atomic mass is 9.75. The molecule has 0 aromatic heterocycles. The molecule has 2 unspecified atom stereocenters. The van der Waals surface area contributed by atoms with Crippen LogP contribution in [0.15, 0.2) is 23.1 Å². The van der Waals surface area contributed by atoms with E-state index >= 15 is 0 Å². The molecule has 3 nitrogen and oxygen atoms in total. The Morgan fingerprint density at radius 3 is 2.41 bits per heavy atom. The third-order valence-electron chi connectivity index (χ3n) is 4.61. The molecule has 1 aromatic carbocycles. The summed E-state index contributed by atoms with van der Waals surface area (Å²) in [6.45, 7) is 11.5. The van der Waals surface area contributed by atoms with Gasteiger partial charge in [0.05, 0.1) is 24.0 Å². The molecule has 0 aliphatic carbocycles. The van der Waals surface area contributed by atoms with Gasteiger partial charge in [-0.1, -0.05) is 32.9 Å². The number of hydrogen-bond donors (Lipinski definition) is 1. The van der Waals surface area contributed by atoms with Gasteiger partial charge < -0.3 is 14.9 Å². The van der Waals surface area contributed by atoms with Crippen LogP contribution in [0.4, 0.5) is 5.69 Å². The van der Waals surface area contributed by atoms with Gasteiger partial charge in [0.2, 0.25) is 0 Å². The lowest BCUT2D eigenvalue weighted by molar-refractivity contribution is -0.0661. The molecular formula is C17H31NO2SSi. The second-order valence-corrected chi connectivity index (χ2v) is 8.30. The molecule has 0 saturated carbocycles. The van der Waals surface area contributed by atoms with Crippen LogP contribution in [0.3, 0.4) is 0 Å². The van der Waals surface area contributed by atoms with Crippen LogP contribution < -0.4 is 5.73 Å². The molecule has 0 bridgehead atoms. The van der Waals surface area contributed by atoms with Crippen LogP contribution in [0.5, 0.6) is 0 Å². The van der Waals surface area contributed by atoms with Crippen molar-refractivity contribution < 1.29 is 9.16 Å². The van der Waals surface area contributed by atoms with Crippen molar-refractivity contribution in [3.8, 4) is 0 Å². The van der Waals surface area contributed by atoms with E-state index in [1.165, 1.54) is 0 Å². The van der Waals surface area contributed by atoms with Crippen molar-refractivity contribution in [2.45, 2.75) is 64.2 Å². The first-order valence-corrected chi connectivity index (χ1v) is 9.77. The van der Waals surface area contributed by atoms with E-state index in [9.17, 15) is 0 Å². The molecule has 0 amide bonds. The minimum absolute atomic E-state index is 0.0875. The van der Waals surface area contributed by atoms with Crippen LogP contribution in [0, 0.1) is 5.41 Å². The molecule has 126 valence electrons. The molecule has 2 N–H and O–H groups in total. The Morgan fingerprint density at radius 2 is 1.91 bits per heavy atom. The highest BCUT2D eigenvalue weighted by Gasteiger charge is 2.38. The number of anilines is 1. The van der Waals surface area contributed by atoms with E-state index in [4.69, 9.17) is 14.9 Å². The maximum absolute atomic E-state index is 6.18. The lowest BCUT2D eigenvalue weighted by Gasteiger charge is -2.43. The highest BCUT2D eigenvalue weighted by molar-refractivity contribution is 7.98. The first-order valence-electron chi connectivity index (χ1n) is 7.72. The summed E-state index contributed by atoms with van der Waals surface area (Å²) in [7, 11) is 0.732. The first kappa shape index (κ1) is 19.6. The van der Waals surface area contributed by atoms with Crippen LogP contribution in [0.1, 0.15) is 46.6 Å². The number of rotatable bonds is 7. The van der Waals surface area contributed by atoms with Crippen molar-refractivity contribution in [1.82, 2.24) is 0 Å². The van der Waals surface area contributed by atoms with Crippen LogP contribution in [0.25, 0.3) is 0 Å². The largest absolute Gasteiger partial charge is 0.422 e. The summed E-state index contributed by atoms with van der Waals surface area (Å²) in [5.74, 6) is 0. The van der Waals surface area contributed by atoms with Crippen LogP contribution in [-0.2, 0) is 15.8 Å². The van der Waals surface area contributed by atoms with Gasteiger partial charge in [-0.25, -0.2) is 0 Å². The number of ether oxygens (including phenoxy) is 1. The maximum Gasteiger partial charge on any atom is 0.146 e. The zero-order chi connectivity index (χ0) is 17.0. The zero-order valence-corrected chi connectivity index (χ0v) is 17.8. The van der Waals surface area contributed by atoms with Gasteiger partial charge >= 0.3 is 0 Å². The summed E-state index contributed by atoms with van der Waals surface area (Å²) in [4.78, 5) is 1.11. The van der Waals surface area contributed by atoms with E-state index in [1.54, 1.807) is 11.8 Å². The zero-order valence-electron chi connectivity index (χ0n) is 15.0. The van der Waals surface area contributed by atoms with Crippen LogP contribution in [0.2, 0.25) is 0 Å². The normalized spacial score (nSPS) is 16.5. The Balaban J connectivity index is 2.69. The van der Waals surface area contributed by atoms with Gasteiger partial charge in [-0.3, -0.25) is 0 Å². The summed E-state index contributed by atoms with van der Waals surface area (Å²) in [6.07, 6.45) is 3.04. The molecule has 0 aliphatic rings. The van der Waals surface area contributed by atoms with Gasteiger partial charge in [0.15, 0.2) is 0 Å². The molecule has 0 aliphatic heterocycles. The number of benzene rings is 1. The molecule has 0 radical (unpaired) electrons. The van der Waals surface area contributed by atoms with E-state index < -0.39 is 0 Å². The molecule has 0 fully saturated rings. The average molecular weight is 342 g/mol. The number of hydrogen-bond acceptors (Lipinski definition) is 4. The van der Waals surface area contributed by atoms with Crippen molar-refractivity contribution in [1.29, 1.82) is 0 Å². The minimum Gasteiger partial charge on any atom is -0.422 e. The minimum atomic E-state index is -0.161. The second kappa shape index (κ2) is 7.86. The Hall–Kier alpha value is -0.493. The molecule has 0 heterocycles. The fourth-order valence-electron chi connectivity index (χ4n) is 2.43. The van der Waals surface area contributed by atoms with Gasteiger partial charge in [-0.05, 0) is 31.6 Å². The second-order valence-electron chi connectivity index (χ2n) is 7.04. The van der Waals surface area contributed by atoms with E-state index in [1.807, 2.05) is 24.5 Å². The summed E-state index contributed by atoms with van der Waals surface area (Å²) < 4.78 is 12.0. The van der Waals surface area contributed by atoms with Crippen molar-refractivity contribution in [2.75, 3.05) is 12.0 Å². The quantitative estimate of drug-likeness (QED) is 0.469. The van der Waals surface area contributed by atoms with E-state index in [0.717, 1.165) is 33.1 Å². The predicted molar refractivity (Wildman–Crippen MR) is 100 cm³/mol. The van der Waals surface area contributed by atoms with Gasteiger partial charge in [-0.2, -0.15) is 0 Å². The van der Waals surface area contributed by atoms with Crippen molar-refractivity contribution >= 4 is 27.9 Å². The summed E-state index contributed by atoms with van der Waals surface area (Å²) in [5, 5.41) is 0. The number of nitrogens with two attached hydrogens (primary N) is 1. The van der Waals surface area contributed by atoms with E-state index in [0.29, 0.717) is 6.61 Å². The standard InChI is InChI=1S/C17H31NO2SSi/c1-12(10-17(5,20-22)16(2,3)4)19-11-13-8-7-9-14(21-6)15(13)18/h7-9,12H,10-11,18H2,1-6,22H3. The molecular weight excluding hydrogens is 310 g/mol. The van der Waals surface area contributed by atoms with Gasteiger partial charge in [-0.15, -0.1) is 11.8 Å². The summed E-state index contributed by atoms with van der Waals surface area (Å²) >= 11 is 1.66. The van der Waals surface area contributed by atoms with Crippen LogP contribution >= 0.6 is 11.8 Å². The number of thioether (sulfide) groups is 1. The first-order chi connectivity index (χ1) is 10.1. The topological polar surface area (TPSA) is 44.5 Å². The molecule has 5 heteroatoms. The third-order valence-corrected chi connectivity index (χ3v) is 6.31. The van der Waals surface area contributed by atoms with E-state index in [-0.39, 0.29) is 17.1 Å². The maximum atomic E-state index is 6.18. The van der Waals surface area contributed by atoms with Crippen LogP contribution in [-0.4, -0.2) is 28.4 Å². The molecule has 2 atom stereocenters. The fourth-order valence-corrected chi connectivity index (χ4v) is 3.77. The summed E-state index contributed by atoms with van der Waals surface area (Å²) in [5.41, 5.74) is 8.00. The number of nitrogen functional groups attached to an aromatic ring is 1. The highest BCUT2D eigenvalue weighted by atomic mass is 32.2. The SMILES string of the molecule is CSc1cccc(COC(C)CC(C)(O[SiH3])C(C)(C)C)c1N. The van der Waals surface area contributed by atoms with Gasteiger partial charge in [0.1, 0.15) is 10.5 Å². The highest BCUT2D eigenvalue weighted by Crippen LogP contribution is 2.37.